The largest absolute Gasteiger partial charge is 0.495 e. The molecule has 0 aromatic heterocycles. The molecule has 2 amide bonds. The minimum atomic E-state index is -0.768. The van der Waals surface area contributed by atoms with Gasteiger partial charge in [-0.1, -0.05) is 18.2 Å². The Hall–Kier alpha value is -3.95. The normalized spacial score (nSPS) is 15.6. The van der Waals surface area contributed by atoms with Crippen LogP contribution in [0.2, 0.25) is 0 Å². The number of carbonyl (C=O) groups excluding carboxylic acids is 3. The molecule has 0 aliphatic carbocycles. The second-order valence-electron chi connectivity index (χ2n) is 6.54. The van der Waals surface area contributed by atoms with E-state index in [1.54, 1.807) is 30.3 Å². The number of carbonyl (C=O) groups is 3. The molecular formula is C20H19N3O7. The Balaban J connectivity index is 1.56. The predicted octanol–water partition coefficient (Wildman–Crippen LogP) is 2.14. The van der Waals surface area contributed by atoms with Gasteiger partial charge in [0.05, 0.1) is 29.3 Å². The quantitative estimate of drug-likeness (QED) is 0.418. The van der Waals surface area contributed by atoms with Crippen molar-refractivity contribution in [3.63, 3.8) is 0 Å². The Morgan fingerprint density at radius 1 is 1.23 bits per heavy atom. The molecule has 1 unspecified atom stereocenters. The van der Waals surface area contributed by atoms with E-state index in [2.05, 4.69) is 5.32 Å². The molecular weight excluding hydrogens is 394 g/mol. The Bertz CT molecular complexity index is 992. The number of benzene rings is 2. The van der Waals surface area contributed by atoms with Gasteiger partial charge >= 0.3 is 5.97 Å². The summed E-state index contributed by atoms with van der Waals surface area (Å²) in [5, 5.41) is 13.5. The fraction of sp³-hybridized carbons (Fsp3) is 0.250. The van der Waals surface area contributed by atoms with Crippen molar-refractivity contribution in [2.24, 2.45) is 5.92 Å². The molecule has 10 heteroatoms. The summed E-state index contributed by atoms with van der Waals surface area (Å²) in [7, 11) is 1.47. The van der Waals surface area contributed by atoms with Gasteiger partial charge in [-0.15, -0.1) is 0 Å². The smallest absolute Gasteiger partial charge is 0.311 e. The highest BCUT2D eigenvalue weighted by atomic mass is 16.6. The number of anilines is 2. The molecule has 0 spiro atoms. The first-order valence-corrected chi connectivity index (χ1v) is 9.03. The molecule has 10 nitrogen and oxygen atoms in total. The van der Waals surface area contributed by atoms with Crippen molar-refractivity contribution in [3.05, 3.63) is 58.6 Å². The Morgan fingerprint density at radius 2 is 2.00 bits per heavy atom. The van der Waals surface area contributed by atoms with Crippen LogP contribution in [-0.2, 0) is 19.1 Å². The molecule has 1 saturated heterocycles. The molecule has 1 heterocycles. The standard InChI is InChI=1S/C20H19N3O7/c1-29-17-8-3-2-7-16(17)21-18(24)12-30-20(26)13-9-19(25)22(11-13)14-5-4-6-15(10-14)23(27)28/h2-8,10,13H,9,11-12H2,1H3,(H,21,24). The SMILES string of the molecule is COc1ccccc1NC(=O)COC(=O)C1CC(=O)N(c2cccc([N+](=O)[O-])c2)C1. The van der Waals surface area contributed by atoms with E-state index in [0.717, 1.165) is 0 Å². The summed E-state index contributed by atoms with van der Waals surface area (Å²) >= 11 is 0. The van der Waals surface area contributed by atoms with Crippen LogP contribution < -0.4 is 15.0 Å². The van der Waals surface area contributed by atoms with Crippen molar-refractivity contribution in [1.29, 1.82) is 0 Å². The van der Waals surface area contributed by atoms with Gasteiger partial charge < -0.3 is 19.7 Å². The van der Waals surface area contributed by atoms with E-state index in [4.69, 9.17) is 9.47 Å². The van der Waals surface area contributed by atoms with Gasteiger partial charge in [-0.3, -0.25) is 24.5 Å². The number of nitro benzene ring substituents is 1. The van der Waals surface area contributed by atoms with E-state index in [-0.39, 0.29) is 24.6 Å². The molecule has 2 aromatic rings. The number of nitro groups is 1. The molecule has 1 aliphatic rings. The van der Waals surface area contributed by atoms with Gasteiger partial charge in [0.2, 0.25) is 5.91 Å². The average molecular weight is 413 g/mol. The van der Waals surface area contributed by atoms with Crippen LogP contribution in [-0.4, -0.2) is 43.0 Å². The molecule has 1 aliphatic heterocycles. The lowest BCUT2D eigenvalue weighted by Gasteiger charge is -2.16. The van der Waals surface area contributed by atoms with Crippen molar-refractivity contribution in [2.75, 3.05) is 30.5 Å². The third-order valence-electron chi connectivity index (χ3n) is 4.54. The van der Waals surface area contributed by atoms with Crippen molar-refractivity contribution in [1.82, 2.24) is 0 Å². The van der Waals surface area contributed by atoms with Crippen molar-refractivity contribution in [3.8, 4) is 5.75 Å². The summed E-state index contributed by atoms with van der Waals surface area (Å²) in [5.74, 6) is -1.89. The number of para-hydroxylation sites is 2. The fourth-order valence-corrected chi connectivity index (χ4v) is 3.08. The number of nitrogens with zero attached hydrogens (tertiary/aromatic N) is 2. The van der Waals surface area contributed by atoms with Crippen LogP contribution in [0.4, 0.5) is 17.1 Å². The minimum Gasteiger partial charge on any atom is -0.495 e. The number of amides is 2. The van der Waals surface area contributed by atoms with Gasteiger partial charge in [0.1, 0.15) is 5.75 Å². The highest BCUT2D eigenvalue weighted by molar-refractivity contribution is 6.00. The lowest BCUT2D eigenvalue weighted by molar-refractivity contribution is -0.384. The minimum absolute atomic E-state index is 0.0208. The van der Waals surface area contributed by atoms with Crippen molar-refractivity contribution < 1.29 is 28.8 Å². The Morgan fingerprint density at radius 3 is 2.73 bits per heavy atom. The summed E-state index contributed by atoms with van der Waals surface area (Å²) in [6, 6.07) is 12.4. The van der Waals surface area contributed by atoms with Gasteiger partial charge in [-0.05, 0) is 18.2 Å². The van der Waals surface area contributed by atoms with Crippen LogP contribution in [0, 0.1) is 16.0 Å². The van der Waals surface area contributed by atoms with Crippen molar-refractivity contribution >= 4 is 34.8 Å². The zero-order valence-electron chi connectivity index (χ0n) is 16.1. The summed E-state index contributed by atoms with van der Waals surface area (Å²) in [6.07, 6.45) is -0.102. The molecule has 1 N–H and O–H groups in total. The number of hydrogen-bond donors (Lipinski definition) is 1. The molecule has 156 valence electrons. The summed E-state index contributed by atoms with van der Waals surface area (Å²) < 4.78 is 10.2. The molecule has 2 aromatic carbocycles. The molecule has 1 atom stereocenters. The molecule has 0 saturated carbocycles. The van der Waals surface area contributed by atoms with Crippen LogP contribution in [0.1, 0.15) is 6.42 Å². The highest BCUT2D eigenvalue weighted by Gasteiger charge is 2.36. The lowest BCUT2D eigenvalue weighted by Crippen LogP contribution is -2.28. The third-order valence-corrected chi connectivity index (χ3v) is 4.54. The zero-order chi connectivity index (χ0) is 21.7. The molecule has 3 rings (SSSR count). The fourth-order valence-electron chi connectivity index (χ4n) is 3.08. The number of non-ortho nitro benzene ring substituents is 1. The molecule has 0 radical (unpaired) electrons. The third kappa shape index (κ3) is 4.72. The maximum absolute atomic E-state index is 12.3. The van der Waals surface area contributed by atoms with Gasteiger partial charge in [0, 0.05) is 25.1 Å². The van der Waals surface area contributed by atoms with E-state index in [9.17, 15) is 24.5 Å². The first-order chi connectivity index (χ1) is 14.4. The Kier molecular flexibility index (Phi) is 6.26. The van der Waals surface area contributed by atoms with E-state index in [0.29, 0.717) is 17.1 Å². The van der Waals surface area contributed by atoms with E-state index in [1.807, 2.05) is 0 Å². The maximum atomic E-state index is 12.3. The molecule has 0 bridgehead atoms. The van der Waals surface area contributed by atoms with Crippen LogP contribution in [0.25, 0.3) is 0 Å². The summed E-state index contributed by atoms with van der Waals surface area (Å²) in [6.45, 7) is -0.495. The number of rotatable bonds is 7. The van der Waals surface area contributed by atoms with E-state index in [1.165, 1.54) is 30.2 Å². The predicted molar refractivity (Wildman–Crippen MR) is 106 cm³/mol. The van der Waals surface area contributed by atoms with Crippen LogP contribution in [0.3, 0.4) is 0 Å². The second kappa shape index (κ2) is 9.03. The monoisotopic (exact) mass is 413 g/mol. The number of ether oxygens (including phenoxy) is 2. The molecule has 30 heavy (non-hydrogen) atoms. The average Bonchev–Trinajstić information content (AvgIpc) is 3.14. The van der Waals surface area contributed by atoms with E-state index < -0.39 is 29.3 Å². The first-order valence-electron chi connectivity index (χ1n) is 9.03. The van der Waals surface area contributed by atoms with Gasteiger partial charge in [0.15, 0.2) is 6.61 Å². The van der Waals surface area contributed by atoms with Crippen molar-refractivity contribution in [2.45, 2.75) is 6.42 Å². The number of hydrogen-bond acceptors (Lipinski definition) is 7. The topological polar surface area (TPSA) is 128 Å². The second-order valence-corrected chi connectivity index (χ2v) is 6.54. The van der Waals surface area contributed by atoms with Gasteiger partial charge in [-0.2, -0.15) is 0 Å². The van der Waals surface area contributed by atoms with Gasteiger partial charge in [0.25, 0.3) is 11.6 Å². The van der Waals surface area contributed by atoms with Crippen LogP contribution >= 0.6 is 0 Å². The summed E-state index contributed by atoms with van der Waals surface area (Å²) in [4.78, 5) is 48.3. The number of esters is 1. The zero-order valence-corrected chi connectivity index (χ0v) is 16.1. The maximum Gasteiger partial charge on any atom is 0.311 e. The Labute approximate surface area is 171 Å². The summed E-state index contributed by atoms with van der Waals surface area (Å²) in [5.41, 5.74) is 0.617. The number of nitrogens with one attached hydrogen (secondary N) is 1. The molecule has 1 fully saturated rings. The van der Waals surface area contributed by atoms with Crippen LogP contribution in [0.5, 0.6) is 5.75 Å². The highest BCUT2D eigenvalue weighted by Crippen LogP contribution is 2.28. The number of methoxy groups -OCH3 is 1. The first kappa shape index (κ1) is 20.8. The van der Waals surface area contributed by atoms with E-state index >= 15 is 0 Å². The van der Waals surface area contributed by atoms with Gasteiger partial charge in [-0.25, -0.2) is 0 Å². The lowest BCUT2D eigenvalue weighted by atomic mass is 10.1. The van der Waals surface area contributed by atoms with Crippen LogP contribution in [0.15, 0.2) is 48.5 Å².